The Hall–Kier alpha value is -0.0800. The van der Waals surface area contributed by atoms with Crippen molar-refractivity contribution in [2.75, 3.05) is 6.54 Å². The van der Waals surface area contributed by atoms with Crippen LogP contribution in [-0.2, 0) is 0 Å². The van der Waals surface area contributed by atoms with Gasteiger partial charge in [-0.3, -0.25) is 0 Å². The third-order valence-electron chi connectivity index (χ3n) is 3.43. The Morgan fingerprint density at radius 2 is 1.77 bits per heavy atom. The molecule has 2 N–H and O–H groups in total. The van der Waals surface area contributed by atoms with Gasteiger partial charge in [0.1, 0.15) is 0 Å². The molecular weight excluding hydrogens is 162 g/mol. The summed E-state index contributed by atoms with van der Waals surface area (Å²) < 4.78 is 0. The molecule has 2 heteroatoms. The first-order valence-electron chi connectivity index (χ1n) is 5.54. The first kappa shape index (κ1) is 9.47. The Labute approximate surface area is 80.7 Å². The molecule has 0 aromatic heterocycles. The maximum atomic E-state index is 9.57. The predicted molar refractivity (Wildman–Crippen MR) is 53.5 cm³/mol. The van der Waals surface area contributed by atoms with Crippen molar-refractivity contribution in [3.63, 3.8) is 0 Å². The van der Waals surface area contributed by atoms with Crippen LogP contribution in [0.1, 0.15) is 39.5 Å². The SMILES string of the molecule is CC(C)(O)CNC1C2CCCCC21. The van der Waals surface area contributed by atoms with Gasteiger partial charge in [0.25, 0.3) is 0 Å². The summed E-state index contributed by atoms with van der Waals surface area (Å²) in [6.07, 6.45) is 5.66. The molecule has 76 valence electrons. The van der Waals surface area contributed by atoms with Gasteiger partial charge in [-0.1, -0.05) is 12.8 Å². The second-order valence-electron chi connectivity index (χ2n) is 5.33. The van der Waals surface area contributed by atoms with Crippen LogP contribution in [0.3, 0.4) is 0 Å². The highest BCUT2D eigenvalue weighted by Crippen LogP contribution is 2.49. The smallest absolute Gasteiger partial charge is 0.0715 e. The second kappa shape index (κ2) is 3.25. The zero-order valence-corrected chi connectivity index (χ0v) is 8.71. The lowest BCUT2D eigenvalue weighted by atomic mass is 10.0. The van der Waals surface area contributed by atoms with Crippen molar-refractivity contribution in [1.29, 1.82) is 0 Å². The molecule has 2 aliphatic carbocycles. The summed E-state index contributed by atoms with van der Waals surface area (Å²) in [6, 6.07) is 0.730. The number of rotatable bonds is 3. The van der Waals surface area contributed by atoms with E-state index in [2.05, 4.69) is 5.32 Å². The topological polar surface area (TPSA) is 32.3 Å². The first-order valence-corrected chi connectivity index (χ1v) is 5.54. The number of hydrogen-bond acceptors (Lipinski definition) is 2. The number of hydrogen-bond donors (Lipinski definition) is 2. The number of aliphatic hydroxyl groups is 1. The zero-order chi connectivity index (χ0) is 9.47. The quantitative estimate of drug-likeness (QED) is 0.695. The summed E-state index contributed by atoms with van der Waals surface area (Å²) in [5.74, 6) is 1.88. The molecule has 2 unspecified atom stereocenters. The van der Waals surface area contributed by atoms with Crippen LogP contribution in [0.2, 0.25) is 0 Å². The van der Waals surface area contributed by atoms with E-state index < -0.39 is 5.60 Å². The monoisotopic (exact) mass is 183 g/mol. The molecule has 2 fully saturated rings. The second-order valence-corrected chi connectivity index (χ2v) is 5.33. The van der Waals surface area contributed by atoms with Crippen LogP contribution >= 0.6 is 0 Å². The first-order chi connectivity index (χ1) is 6.08. The van der Waals surface area contributed by atoms with Crippen LogP contribution in [0.15, 0.2) is 0 Å². The fourth-order valence-corrected chi connectivity index (χ4v) is 2.66. The van der Waals surface area contributed by atoms with E-state index in [1.165, 1.54) is 25.7 Å². The Morgan fingerprint density at radius 1 is 1.23 bits per heavy atom. The maximum absolute atomic E-state index is 9.57. The lowest BCUT2D eigenvalue weighted by Crippen LogP contribution is -2.36. The van der Waals surface area contributed by atoms with E-state index in [4.69, 9.17) is 0 Å². The molecule has 2 aliphatic rings. The van der Waals surface area contributed by atoms with E-state index in [0.717, 1.165) is 24.4 Å². The normalized spacial score (nSPS) is 38.5. The lowest BCUT2D eigenvalue weighted by molar-refractivity contribution is 0.0787. The van der Waals surface area contributed by atoms with E-state index in [-0.39, 0.29) is 0 Å². The van der Waals surface area contributed by atoms with Crippen molar-refractivity contribution in [2.24, 2.45) is 11.8 Å². The Kier molecular flexibility index (Phi) is 2.37. The van der Waals surface area contributed by atoms with Crippen molar-refractivity contribution in [2.45, 2.75) is 51.2 Å². The highest BCUT2D eigenvalue weighted by Gasteiger charge is 2.50. The molecule has 2 atom stereocenters. The molecule has 0 amide bonds. The van der Waals surface area contributed by atoms with Crippen LogP contribution in [0.25, 0.3) is 0 Å². The molecule has 0 aromatic rings. The largest absolute Gasteiger partial charge is 0.389 e. The van der Waals surface area contributed by atoms with Gasteiger partial charge < -0.3 is 10.4 Å². The average Bonchev–Trinajstić information content (AvgIpc) is 2.73. The van der Waals surface area contributed by atoms with Gasteiger partial charge in [0.05, 0.1) is 5.60 Å². The van der Waals surface area contributed by atoms with E-state index in [1.807, 2.05) is 13.8 Å². The van der Waals surface area contributed by atoms with Gasteiger partial charge in [-0.2, -0.15) is 0 Å². The van der Waals surface area contributed by atoms with Crippen molar-refractivity contribution in [3.8, 4) is 0 Å². The van der Waals surface area contributed by atoms with Crippen LogP contribution in [0.5, 0.6) is 0 Å². The summed E-state index contributed by atoms with van der Waals surface area (Å²) in [5.41, 5.74) is -0.550. The van der Waals surface area contributed by atoms with Gasteiger partial charge in [-0.25, -0.2) is 0 Å². The average molecular weight is 183 g/mol. The number of fused-ring (bicyclic) bond motifs is 1. The summed E-state index contributed by atoms with van der Waals surface area (Å²) >= 11 is 0. The predicted octanol–water partition coefficient (Wildman–Crippen LogP) is 1.54. The van der Waals surface area contributed by atoms with Gasteiger partial charge in [0, 0.05) is 12.6 Å². The van der Waals surface area contributed by atoms with E-state index in [0.29, 0.717) is 0 Å². The van der Waals surface area contributed by atoms with Gasteiger partial charge in [-0.05, 0) is 38.5 Å². The molecule has 0 radical (unpaired) electrons. The molecule has 0 heterocycles. The summed E-state index contributed by atoms with van der Waals surface area (Å²) in [7, 11) is 0. The molecular formula is C11H21NO. The third-order valence-corrected chi connectivity index (χ3v) is 3.43. The van der Waals surface area contributed by atoms with Crippen LogP contribution in [-0.4, -0.2) is 23.3 Å². The van der Waals surface area contributed by atoms with Crippen molar-refractivity contribution in [3.05, 3.63) is 0 Å². The third kappa shape index (κ3) is 2.23. The van der Waals surface area contributed by atoms with E-state index in [1.54, 1.807) is 0 Å². The Bertz CT molecular complexity index is 173. The maximum Gasteiger partial charge on any atom is 0.0715 e. The Balaban J connectivity index is 1.73. The van der Waals surface area contributed by atoms with Gasteiger partial charge in [0.2, 0.25) is 0 Å². The van der Waals surface area contributed by atoms with Crippen molar-refractivity contribution in [1.82, 2.24) is 5.32 Å². The zero-order valence-electron chi connectivity index (χ0n) is 8.71. The molecule has 0 spiro atoms. The van der Waals surface area contributed by atoms with Crippen molar-refractivity contribution >= 4 is 0 Å². The number of nitrogens with one attached hydrogen (secondary N) is 1. The van der Waals surface area contributed by atoms with Gasteiger partial charge in [0.15, 0.2) is 0 Å². The lowest BCUT2D eigenvalue weighted by Gasteiger charge is -2.17. The minimum atomic E-state index is -0.550. The molecule has 2 rings (SSSR count). The highest BCUT2D eigenvalue weighted by atomic mass is 16.3. The van der Waals surface area contributed by atoms with Gasteiger partial charge >= 0.3 is 0 Å². The highest BCUT2D eigenvalue weighted by molar-refractivity contribution is 5.05. The molecule has 0 aliphatic heterocycles. The molecule has 0 saturated heterocycles. The Morgan fingerprint density at radius 3 is 2.23 bits per heavy atom. The fourth-order valence-electron chi connectivity index (χ4n) is 2.66. The summed E-state index contributed by atoms with van der Waals surface area (Å²) in [6.45, 7) is 4.47. The van der Waals surface area contributed by atoms with E-state index in [9.17, 15) is 5.11 Å². The molecule has 2 nitrogen and oxygen atoms in total. The van der Waals surface area contributed by atoms with Crippen LogP contribution in [0, 0.1) is 11.8 Å². The van der Waals surface area contributed by atoms with Crippen LogP contribution < -0.4 is 5.32 Å². The van der Waals surface area contributed by atoms with Gasteiger partial charge in [-0.15, -0.1) is 0 Å². The molecule has 0 aromatic carbocycles. The molecule has 0 bridgehead atoms. The minimum absolute atomic E-state index is 0.550. The molecule has 13 heavy (non-hydrogen) atoms. The fraction of sp³-hybridized carbons (Fsp3) is 1.00. The summed E-state index contributed by atoms with van der Waals surface area (Å²) in [5, 5.41) is 13.1. The van der Waals surface area contributed by atoms with Crippen molar-refractivity contribution < 1.29 is 5.11 Å². The molecule has 2 saturated carbocycles. The minimum Gasteiger partial charge on any atom is -0.389 e. The summed E-state index contributed by atoms with van der Waals surface area (Å²) in [4.78, 5) is 0. The van der Waals surface area contributed by atoms with E-state index >= 15 is 0 Å². The standard InChI is InChI=1S/C11H21NO/c1-11(2,13)7-12-10-8-5-3-4-6-9(8)10/h8-10,12-13H,3-7H2,1-2H3. The van der Waals surface area contributed by atoms with Crippen LogP contribution in [0.4, 0.5) is 0 Å².